The smallest absolute Gasteiger partial charge is 0.267 e. The normalized spacial score (nSPS) is 11.3. The molecule has 7 heteroatoms. The third-order valence-corrected chi connectivity index (χ3v) is 4.42. The van der Waals surface area contributed by atoms with Crippen molar-refractivity contribution in [2.75, 3.05) is 17.1 Å². The van der Waals surface area contributed by atoms with Crippen molar-refractivity contribution in [2.24, 2.45) is 0 Å². The zero-order valence-electron chi connectivity index (χ0n) is 10.1. The van der Waals surface area contributed by atoms with E-state index >= 15 is 0 Å². The molecule has 0 radical (unpaired) electrons. The van der Waals surface area contributed by atoms with E-state index in [9.17, 15) is 12.8 Å². The largest absolute Gasteiger partial charge is 0.399 e. The van der Waals surface area contributed by atoms with Crippen LogP contribution in [0.2, 0.25) is 0 Å². The molecule has 0 aliphatic rings. The molecular formula is C12H12FN3O2S. The molecule has 0 saturated heterocycles. The van der Waals surface area contributed by atoms with Gasteiger partial charge in [-0.1, -0.05) is 0 Å². The lowest BCUT2D eigenvalue weighted by Crippen LogP contribution is -2.27. The molecule has 2 aromatic rings. The van der Waals surface area contributed by atoms with Gasteiger partial charge in [0.05, 0.1) is 5.69 Å². The van der Waals surface area contributed by atoms with Gasteiger partial charge in [0.1, 0.15) is 10.7 Å². The number of hydrogen-bond acceptors (Lipinski definition) is 4. The van der Waals surface area contributed by atoms with E-state index in [-0.39, 0.29) is 5.69 Å². The van der Waals surface area contributed by atoms with Crippen LogP contribution < -0.4 is 10.0 Å². The first-order chi connectivity index (χ1) is 8.93. The maximum Gasteiger partial charge on any atom is 0.267 e. The zero-order chi connectivity index (χ0) is 14.0. The Morgan fingerprint density at radius 2 is 1.84 bits per heavy atom. The number of nitrogens with two attached hydrogens (primary N) is 1. The van der Waals surface area contributed by atoms with Crippen molar-refractivity contribution >= 4 is 21.4 Å². The fourth-order valence-electron chi connectivity index (χ4n) is 1.56. The number of halogens is 1. The summed E-state index contributed by atoms with van der Waals surface area (Å²) in [6.45, 7) is 0. The Bertz CT molecular complexity index is 689. The summed E-state index contributed by atoms with van der Waals surface area (Å²) in [5, 5.41) is 0. The standard InChI is InChI=1S/C12H12FN3O2S/c1-16(10-4-6-15-7-5-10)19(17,18)12-8-9(14)2-3-11(12)13/h2-8H,14H2,1H3. The van der Waals surface area contributed by atoms with Crippen molar-refractivity contribution in [3.63, 3.8) is 0 Å². The molecule has 19 heavy (non-hydrogen) atoms. The third-order valence-electron chi connectivity index (χ3n) is 2.62. The van der Waals surface area contributed by atoms with E-state index in [1.54, 1.807) is 0 Å². The monoisotopic (exact) mass is 281 g/mol. The second-order valence-electron chi connectivity index (χ2n) is 3.87. The Kier molecular flexibility index (Phi) is 3.39. The van der Waals surface area contributed by atoms with Gasteiger partial charge in [-0.05, 0) is 30.3 Å². The molecule has 0 fully saturated rings. The molecule has 100 valence electrons. The summed E-state index contributed by atoms with van der Waals surface area (Å²) < 4.78 is 39.3. The Morgan fingerprint density at radius 1 is 1.21 bits per heavy atom. The molecule has 1 aromatic heterocycles. The van der Waals surface area contributed by atoms with E-state index < -0.39 is 20.7 Å². The van der Waals surface area contributed by atoms with Gasteiger partial charge in [-0.2, -0.15) is 0 Å². The summed E-state index contributed by atoms with van der Waals surface area (Å²) in [6, 6.07) is 6.47. The molecule has 0 aliphatic heterocycles. The van der Waals surface area contributed by atoms with E-state index in [0.29, 0.717) is 5.69 Å². The van der Waals surface area contributed by atoms with Crippen molar-refractivity contribution in [3.05, 3.63) is 48.5 Å². The fourth-order valence-corrected chi connectivity index (χ4v) is 2.85. The summed E-state index contributed by atoms with van der Waals surface area (Å²) in [5.74, 6) is -0.838. The zero-order valence-corrected chi connectivity index (χ0v) is 10.9. The number of nitrogen functional groups attached to an aromatic ring is 1. The van der Waals surface area contributed by atoms with Crippen LogP contribution in [0.25, 0.3) is 0 Å². The molecule has 0 bridgehead atoms. The minimum Gasteiger partial charge on any atom is -0.399 e. The summed E-state index contributed by atoms with van der Waals surface area (Å²) in [4.78, 5) is 3.35. The SMILES string of the molecule is CN(c1ccncc1)S(=O)(=O)c1cc(N)ccc1F. The Hall–Kier alpha value is -2.15. The highest BCUT2D eigenvalue weighted by atomic mass is 32.2. The highest BCUT2D eigenvalue weighted by Crippen LogP contribution is 2.24. The number of nitrogens with zero attached hydrogens (tertiary/aromatic N) is 2. The van der Waals surface area contributed by atoms with Gasteiger partial charge in [0.25, 0.3) is 10.0 Å². The van der Waals surface area contributed by atoms with Crippen LogP contribution in [0.1, 0.15) is 0 Å². The molecule has 1 heterocycles. The van der Waals surface area contributed by atoms with Gasteiger partial charge in [-0.3, -0.25) is 9.29 Å². The van der Waals surface area contributed by atoms with E-state index in [1.807, 2.05) is 0 Å². The van der Waals surface area contributed by atoms with Gasteiger partial charge in [0, 0.05) is 25.1 Å². The number of pyridine rings is 1. The quantitative estimate of drug-likeness (QED) is 0.867. The first-order valence-electron chi connectivity index (χ1n) is 5.37. The number of rotatable bonds is 3. The Balaban J connectivity index is 2.51. The maximum atomic E-state index is 13.7. The number of aromatic nitrogens is 1. The average Bonchev–Trinajstić information content (AvgIpc) is 2.41. The first-order valence-corrected chi connectivity index (χ1v) is 6.81. The maximum absolute atomic E-state index is 13.7. The van der Waals surface area contributed by atoms with Crippen LogP contribution in [-0.2, 0) is 10.0 Å². The highest BCUT2D eigenvalue weighted by molar-refractivity contribution is 7.92. The van der Waals surface area contributed by atoms with Crippen molar-refractivity contribution in [2.45, 2.75) is 4.90 Å². The second kappa shape index (κ2) is 4.85. The molecule has 0 aliphatic carbocycles. The van der Waals surface area contributed by atoms with Crippen LogP contribution in [0.4, 0.5) is 15.8 Å². The topological polar surface area (TPSA) is 76.3 Å². The minimum atomic E-state index is -3.99. The molecule has 0 unspecified atom stereocenters. The van der Waals surface area contributed by atoms with Gasteiger partial charge < -0.3 is 5.73 Å². The highest BCUT2D eigenvalue weighted by Gasteiger charge is 2.25. The lowest BCUT2D eigenvalue weighted by atomic mass is 10.3. The molecule has 5 nitrogen and oxygen atoms in total. The lowest BCUT2D eigenvalue weighted by molar-refractivity contribution is 0.566. The molecule has 0 amide bonds. The molecule has 0 spiro atoms. The van der Waals surface area contributed by atoms with Crippen molar-refractivity contribution < 1.29 is 12.8 Å². The van der Waals surface area contributed by atoms with Crippen LogP contribution >= 0.6 is 0 Å². The number of hydrogen-bond donors (Lipinski definition) is 1. The number of sulfonamides is 1. The van der Waals surface area contributed by atoms with Crippen LogP contribution in [0, 0.1) is 5.82 Å². The third kappa shape index (κ3) is 2.50. The molecule has 2 rings (SSSR count). The fraction of sp³-hybridized carbons (Fsp3) is 0.0833. The van der Waals surface area contributed by atoms with Gasteiger partial charge in [-0.25, -0.2) is 12.8 Å². The van der Waals surface area contributed by atoms with Crippen molar-refractivity contribution in [1.82, 2.24) is 4.98 Å². The summed E-state index contributed by atoms with van der Waals surface area (Å²) in [5.41, 5.74) is 6.07. The lowest BCUT2D eigenvalue weighted by Gasteiger charge is -2.19. The van der Waals surface area contributed by atoms with Crippen LogP contribution in [0.3, 0.4) is 0 Å². The van der Waals surface area contributed by atoms with E-state index in [4.69, 9.17) is 5.73 Å². The second-order valence-corrected chi connectivity index (χ2v) is 5.81. The molecule has 0 saturated carbocycles. The van der Waals surface area contributed by atoms with Gasteiger partial charge >= 0.3 is 0 Å². The summed E-state index contributed by atoms with van der Waals surface area (Å²) in [7, 11) is -2.65. The molecule has 2 N–H and O–H groups in total. The van der Waals surface area contributed by atoms with Gasteiger partial charge in [0.15, 0.2) is 0 Å². The molecular weight excluding hydrogens is 269 g/mol. The predicted octanol–water partition coefficient (Wildman–Crippen LogP) is 1.63. The number of anilines is 2. The Morgan fingerprint density at radius 3 is 2.47 bits per heavy atom. The first kappa shape index (κ1) is 13.3. The van der Waals surface area contributed by atoms with Crippen molar-refractivity contribution in [3.8, 4) is 0 Å². The minimum absolute atomic E-state index is 0.183. The summed E-state index contributed by atoms with van der Waals surface area (Å²) >= 11 is 0. The average molecular weight is 281 g/mol. The Labute approximate surface area is 110 Å². The van der Waals surface area contributed by atoms with E-state index in [2.05, 4.69) is 4.98 Å². The molecule has 0 atom stereocenters. The van der Waals surface area contributed by atoms with Crippen LogP contribution in [0.15, 0.2) is 47.6 Å². The van der Waals surface area contributed by atoms with Crippen LogP contribution in [0.5, 0.6) is 0 Å². The summed E-state index contributed by atoms with van der Waals surface area (Å²) in [6.07, 6.45) is 2.91. The van der Waals surface area contributed by atoms with Crippen LogP contribution in [-0.4, -0.2) is 20.4 Å². The van der Waals surface area contributed by atoms with Gasteiger partial charge in [-0.15, -0.1) is 0 Å². The number of benzene rings is 1. The predicted molar refractivity (Wildman–Crippen MR) is 70.6 cm³/mol. The molecule has 1 aromatic carbocycles. The van der Waals surface area contributed by atoms with E-state index in [0.717, 1.165) is 16.4 Å². The van der Waals surface area contributed by atoms with Crippen molar-refractivity contribution in [1.29, 1.82) is 0 Å². The van der Waals surface area contributed by atoms with E-state index in [1.165, 1.54) is 37.6 Å². The van der Waals surface area contributed by atoms with Gasteiger partial charge in [0.2, 0.25) is 0 Å².